The highest BCUT2D eigenvalue weighted by atomic mass is 35.5. The molecule has 0 spiro atoms. The predicted octanol–water partition coefficient (Wildman–Crippen LogP) is 4.98. The zero-order valence-corrected chi connectivity index (χ0v) is 20.7. The molecule has 1 fully saturated rings. The summed E-state index contributed by atoms with van der Waals surface area (Å²) in [4.78, 5) is 28.2. The van der Waals surface area contributed by atoms with Crippen molar-refractivity contribution in [2.75, 3.05) is 18.4 Å². The number of aliphatic hydroxyl groups is 1. The third-order valence-electron chi connectivity index (χ3n) is 5.99. The molecule has 5 rings (SSSR count). The fourth-order valence-corrected chi connectivity index (χ4v) is 4.94. The third kappa shape index (κ3) is 5.14. The van der Waals surface area contributed by atoms with E-state index in [-0.39, 0.29) is 24.2 Å². The van der Waals surface area contributed by atoms with Gasteiger partial charge in [-0.3, -0.25) is 14.7 Å². The number of likely N-dealkylation sites (tertiary alicyclic amines) is 1. The quantitative estimate of drug-likeness (QED) is 0.354. The van der Waals surface area contributed by atoms with E-state index in [0.717, 1.165) is 27.7 Å². The summed E-state index contributed by atoms with van der Waals surface area (Å²) in [5.74, 6) is -0.373. The Kier molecular flexibility index (Phi) is 7.35. The Hall–Kier alpha value is -3.46. The van der Waals surface area contributed by atoms with Crippen LogP contribution in [0.2, 0.25) is 0 Å². The van der Waals surface area contributed by atoms with Crippen LogP contribution in [-0.2, 0) is 0 Å². The molecule has 180 valence electrons. The van der Waals surface area contributed by atoms with E-state index in [9.17, 15) is 14.7 Å². The average Bonchev–Trinajstić information content (AvgIpc) is 3.57. The van der Waals surface area contributed by atoms with Crippen LogP contribution < -0.4 is 5.32 Å². The van der Waals surface area contributed by atoms with Crippen molar-refractivity contribution >= 4 is 64.3 Å². The number of aliphatic hydroxyl groups excluding tert-OH is 1. The van der Waals surface area contributed by atoms with E-state index in [1.54, 1.807) is 17.0 Å². The number of aromatic amines is 1. The molecular weight excluding hydrogens is 484 g/mol. The molecule has 2 aromatic heterocycles. The predicted molar refractivity (Wildman–Crippen MR) is 142 cm³/mol. The lowest BCUT2D eigenvalue weighted by Crippen LogP contribution is -2.29. The summed E-state index contributed by atoms with van der Waals surface area (Å²) in [5, 5.41) is 23.1. The second-order valence-corrected chi connectivity index (χ2v) is 9.29. The number of anilines is 1. The summed E-state index contributed by atoms with van der Waals surface area (Å²) in [6.45, 7) is 2.74. The number of β-amino-alcohol motifs (C(OH)–C–C–N with tert-alkyl or cyclic N) is 1. The lowest BCUT2D eigenvalue weighted by Gasteiger charge is -2.17. The highest BCUT2D eigenvalue weighted by Crippen LogP contribution is 2.26. The van der Waals surface area contributed by atoms with E-state index in [4.69, 9.17) is 0 Å². The number of nitrogens with one attached hydrogen (secondary N) is 2. The molecule has 0 saturated carbocycles. The number of benzene rings is 2. The summed E-state index contributed by atoms with van der Waals surface area (Å²) in [6, 6.07) is 15.0. The maximum atomic E-state index is 13.0. The summed E-state index contributed by atoms with van der Waals surface area (Å²) in [6.07, 6.45) is 3.85. The van der Waals surface area contributed by atoms with Gasteiger partial charge in [0, 0.05) is 29.7 Å². The standard InChI is InChI=1S/C26H24N4O3S.ClH/c1-16-11-13-34-24(16)25(32)27-23-14-18(26(33)30-12-10-19(31)15-30)7-6-17(23)8-9-22-20-4-2-3-5-21(20)28-29-22;/h2-9,11,13-14,19,31H,10,12,15H2,1H3,(H,27,32)(H,28,29);1H/t19-;/m1./s1. The molecule has 0 bridgehead atoms. The van der Waals surface area contributed by atoms with Gasteiger partial charge in [-0.1, -0.05) is 30.3 Å². The molecule has 35 heavy (non-hydrogen) atoms. The van der Waals surface area contributed by atoms with Crippen molar-refractivity contribution in [2.45, 2.75) is 19.4 Å². The number of rotatable bonds is 5. The van der Waals surface area contributed by atoms with Crippen molar-refractivity contribution < 1.29 is 14.7 Å². The molecule has 0 unspecified atom stereocenters. The van der Waals surface area contributed by atoms with E-state index >= 15 is 0 Å². The molecule has 7 nitrogen and oxygen atoms in total. The number of fused-ring (bicyclic) bond motifs is 1. The summed E-state index contributed by atoms with van der Waals surface area (Å²) < 4.78 is 0. The first-order valence-corrected chi connectivity index (χ1v) is 12.0. The number of H-pyrrole nitrogens is 1. The average molecular weight is 509 g/mol. The Morgan fingerprint density at radius 2 is 2.03 bits per heavy atom. The van der Waals surface area contributed by atoms with Crippen LogP contribution in [0, 0.1) is 6.92 Å². The van der Waals surface area contributed by atoms with Crippen LogP contribution in [0.15, 0.2) is 53.9 Å². The van der Waals surface area contributed by atoms with Crippen LogP contribution in [0.25, 0.3) is 23.1 Å². The van der Waals surface area contributed by atoms with Gasteiger partial charge in [-0.2, -0.15) is 5.10 Å². The van der Waals surface area contributed by atoms with Gasteiger partial charge in [-0.05, 0) is 60.2 Å². The number of hydrogen-bond acceptors (Lipinski definition) is 5. The fraction of sp³-hybridized carbons (Fsp3) is 0.192. The molecule has 3 heterocycles. The lowest BCUT2D eigenvalue weighted by atomic mass is 10.1. The second kappa shape index (κ2) is 10.4. The van der Waals surface area contributed by atoms with E-state index in [1.165, 1.54) is 11.3 Å². The first kappa shape index (κ1) is 24.7. The minimum atomic E-state index is -0.490. The van der Waals surface area contributed by atoms with Gasteiger partial charge in [0.05, 0.1) is 22.2 Å². The van der Waals surface area contributed by atoms with Crippen LogP contribution in [0.3, 0.4) is 0 Å². The molecule has 1 aliphatic rings. The molecule has 1 aliphatic heterocycles. The fourth-order valence-electron chi connectivity index (χ4n) is 4.12. The Morgan fingerprint density at radius 3 is 2.77 bits per heavy atom. The topological polar surface area (TPSA) is 98.3 Å². The van der Waals surface area contributed by atoms with Crippen molar-refractivity contribution in [1.82, 2.24) is 15.1 Å². The first-order valence-electron chi connectivity index (χ1n) is 11.1. The number of hydrogen-bond donors (Lipinski definition) is 3. The number of amides is 2. The van der Waals surface area contributed by atoms with Gasteiger partial charge in [0.1, 0.15) is 0 Å². The summed E-state index contributed by atoms with van der Waals surface area (Å²) in [7, 11) is 0. The van der Waals surface area contributed by atoms with Gasteiger partial charge < -0.3 is 15.3 Å². The van der Waals surface area contributed by atoms with Crippen LogP contribution in [0.4, 0.5) is 5.69 Å². The van der Waals surface area contributed by atoms with Crippen molar-refractivity contribution in [3.8, 4) is 0 Å². The molecule has 0 radical (unpaired) electrons. The number of aromatic nitrogens is 2. The van der Waals surface area contributed by atoms with Crippen molar-refractivity contribution in [1.29, 1.82) is 0 Å². The zero-order chi connectivity index (χ0) is 23.7. The van der Waals surface area contributed by atoms with Gasteiger partial charge in [0.15, 0.2) is 0 Å². The van der Waals surface area contributed by atoms with Gasteiger partial charge in [-0.15, -0.1) is 23.7 Å². The molecule has 9 heteroatoms. The van der Waals surface area contributed by atoms with Gasteiger partial charge in [-0.25, -0.2) is 0 Å². The van der Waals surface area contributed by atoms with E-state index in [2.05, 4.69) is 15.5 Å². The summed E-state index contributed by atoms with van der Waals surface area (Å²) >= 11 is 1.38. The Labute approximate surface area is 212 Å². The Bertz CT molecular complexity index is 1410. The van der Waals surface area contributed by atoms with Crippen LogP contribution >= 0.6 is 23.7 Å². The Morgan fingerprint density at radius 1 is 1.20 bits per heavy atom. The van der Waals surface area contributed by atoms with Crippen LogP contribution in [0.1, 0.15) is 43.3 Å². The van der Waals surface area contributed by atoms with E-state index in [1.807, 2.05) is 60.9 Å². The number of para-hydroxylation sites is 1. The number of halogens is 1. The van der Waals surface area contributed by atoms with Gasteiger partial charge >= 0.3 is 0 Å². The molecule has 4 aromatic rings. The van der Waals surface area contributed by atoms with Crippen LogP contribution in [-0.4, -0.2) is 51.2 Å². The number of carbonyl (C=O) groups is 2. The molecule has 0 aliphatic carbocycles. The highest BCUT2D eigenvalue weighted by molar-refractivity contribution is 7.12. The van der Waals surface area contributed by atoms with E-state index < -0.39 is 6.10 Å². The smallest absolute Gasteiger partial charge is 0.266 e. The molecule has 3 N–H and O–H groups in total. The summed E-state index contributed by atoms with van der Waals surface area (Å²) in [5.41, 5.74) is 4.40. The van der Waals surface area contributed by atoms with E-state index in [0.29, 0.717) is 35.6 Å². The van der Waals surface area contributed by atoms with Crippen molar-refractivity contribution in [3.63, 3.8) is 0 Å². The highest BCUT2D eigenvalue weighted by Gasteiger charge is 2.26. The van der Waals surface area contributed by atoms with Gasteiger partial charge in [0.25, 0.3) is 11.8 Å². The SMILES string of the molecule is Cc1ccsc1C(=O)Nc1cc(C(=O)N2CC[C@@H](O)C2)ccc1C=Cc1n[nH]c2ccccc12.Cl. The molecule has 2 aromatic carbocycles. The maximum absolute atomic E-state index is 13.0. The van der Waals surface area contributed by atoms with Crippen molar-refractivity contribution in [2.24, 2.45) is 0 Å². The molecule has 1 atom stereocenters. The van der Waals surface area contributed by atoms with Gasteiger partial charge in [0.2, 0.25) is 0 Å². The number of carbonyl (C=O) groups excluding carboxylic acids is 2. The second-order valence-electron chi connectivity index (χ2n) is 8.37. The minimum Gasteiger partial charge on any atom is -0.391 e. The largest absolute Gasteiger partial charge is 0.391 e. The molecule has 2 amide bonds. The number of aryl methyl sites for hydroxylation is 1. The normalized spacial score (nSPS) is 15.5. The monoisotopic (exact) mass is 508 g/mol. The Balaban J connectivity index is 0.00000289. The lowest BCUT2D eigenvalue weighted by molar-refractivity contribution is 0.0764. The maximum Gasteiger partial charge on any atom is 0.266 e. The minimum absolute atomic E-state index is 0. The van der Waals surface area contributed by atoms with Crippen molar-refractivity contribution in [3.05, 3.63) is 81.2 Å². The molecule has 1 saturated heterocycles. The number of thiophene rings is 1. The van der Waals surface area contributed by atoms with Crippen LogP contribution in [0.5, 0.6) is 0 Å². The number of nitrogens with zero attached hydrogens (tertiary/aromatic N) is 2. The third-order valence-corrected chi connectivity index (χ3v) is 7.00. The molecular formula is C26H25ClN4O3S. The first-order chi connectivity index (χ1) is 16.5. The zero-order valence-electron chi connectivity index (χ0n) is 19.0.